The molecular formula is C30H34N4O3S. The van der Waals surface area contributed by atoms with Crippen LogP contribution in [0.4, 0.5) is 11.4 Å². The van der Waals surface area contributed by atoms with Crippen molar-refractivity contribution < 1.29 is 14.3 Å². The molecule has 1 aliphatic heterocycles. The second kappa shape index (κ2) is 13.1. The summed E-state index contributed by atoms with van der Waals surface area (Å²) in [6, 6.07) is 22.7. The van der Waals surface area contributed by atoms with Crippen LogP contribution in [0, 0.1) is 6.92 Å². The van der Waals surface area contributed by atoms with Gasteiger partial charge in [0.15, 0.2) is 5.11 Å². The maximum Gasteiger partial charge on any atom is 0.257 e. The molecule has 0 unspecified atom stereocenters. The van der Waals surface area contributed by atoms with E-state index >= 15 is 0 Å². The molecule has 198 valence electrons. The Hall–Kier alpha value is -3.91. The Bertz CT molecular complexity index is 1270. The van der Waals surface area contributed by atoms with Gasteiger partial charge in [-0.1, -0.05) is 37.6 Å². The summed E-state index contributed by atoms with van der Waals surface area (Å²) >= 11 is 5.35. The van der Waals surface area contributed by atoms with Crippen LogP contribution in [0.15, 0.2) is 72.8 Å². The van der Waals surface area contributed by atoms with Gasteiger partial charge in [0.25, 0.3) is 11.8 Å². The van der Waals surface area contributed by atoms with Gasteiger partial charge in [-0.15, -0.1) is 0 Å². The number of ether oxygens (including phenoxy) is 1. The second-order valence-corrected chi connectivity index (χ2v) is 9.69. The van der Waals surface area contributed by atoms with Crippen LogP contribution in [0.3, 0.4) is 0 Å². The van der Waals surface area contributed by atoms with Crippen LogP contribution in [0.25, 0.3) is 0 Å². The second-order valence-electron chi connectivity index (χ2n) is 9.28. The van der Waals surface area contributed by atoms with Crippen molar-refractivity contribution in [3.63, 3.8) is 0 Å². The van der Waals surface area contributed by atoms with Crippen LogP contribution in [0.5, 0.6) is 5.75 Å². The number of unbranched alkanes of at least 4 members (excludes halogenated alkanes) is 1. The third kappa shape index (κ3) is 7.10. The van der Waals surface area contributed by atoms with Gasteiger partial charge < -0.3 is 19.9 Å². The highest BCUT2D eigenvalue weighted by molar-refractivity contribution is 7.80. The largest absolute Gasteiger partial charge is 0.494 e. The number of rotatable bonds is 8. The molecule has 3 aromatic carbocycles. The molecule has 0 spiro atoms. The fourth-order valence-electron chi connectivity index (χ4n) is 4.31. The zero-order valence-electron chi connectivity index (χ0n) is 21.9. The predicted molar refractivity (Wildman–Crippen MR) is 156 cm³/mol. The van der Waals surface area contributed by atoms with Gasteiger partial charge in [0.1, 0.15) is 5.75 Å². The molecule has 7 nitrogen and oxygen atoms in total. The molecule has 1 saturated heterocycles. The van der Waals surface area contributed by atoms with Gasteiger partial charge >= 0.3 is 0 Å². The minimum atomic E-state index is -0.293. The van der Waals surface area contributed by atoms with E-state index in [4.69, 9.17) is 17.0 Å². The molecule has 2 amide bonds. The summed E-state index contributed by atoms with van der Waals surface area (Å²) in [6.45, 7) is 7.58. The highest BCUT2D eigenvalue weighted by atomic mass is 32.1. The molecule has 0 saturated carbocycles. The molecule has 0 atom stereocenters. The maximum atomic E-state index is 12.9. The number of carbonyl (C=O) groups excluding carboxylic acids is 2. The Balaban J connectivity index is 1.26. The van der Waals surface area contributed by atoms with Gasteiger partial charge in [0, 0.05) is 48.7 Å². The van der Waals surface area contributed by atoms with Crippen molar-refractivity contribution in [2.75, 3.05) is 43.0 Å². The van der Waals surface area contributed by atoms with Crippen molar-refractivity contribution in [3.05, 3.63) is 89.5 Å². The van der Waals surface area contributed by atoms with Gasteiger partial charge in [-0.2, -0.15) is 0 Å². The van der Waals surface area contributed by atoms with E-state index in [1.54, 1.807) is 18.2 Å². The minimum absolute atomic E-state index is 0.0913. The standard InChI is InChI=1S/C30H34N4O3S/c1-3-4-20-37-26-10-7-9-23(21-26)28(35)32-30(38)31-24-12-14-25(15-13-24)33-16-18-34(19-17-33)29(36)27-11-6-5-8-22(27)2/h5-15,21H,3-4,16-20H2,1-2H3,(H2,31,32,35,38). The number of amides is 2. The molecule has 1 aliphatic rings. The van der Waals surface area contributed by atoms with Crippen molar-refractivity contribution >= 4 is 40.5 Å². The molecule has 3 aromatic rings. The molecule has 0 aromatic heterocycles. The zero-order valence-corrected chi connectivity index (χ0v) is 22.7. The van der Waals surface area contributed by atoms with Crippen LogP contribution in [0.2, 0.25) is 0 Å². The van der Waals surface area contributed by atoms with Crippen LogP contribution >= 0.6 is 12.2 Å². The predicted octanol–water partition coefficient (Wildman–Crippen LogP) is 5.26. The van der Waals surface area contributed by atoms with Crippen LogP contribution in [-0.4, -0.2) is 54.6 Å². The normalized spacial score (nSPS) is 13.1. The molecule has 0 bridgehead atoms. The molecule has 2 N–H and O–H groups in total. The van der Waals surface area contributed by atoms with Crippen LogP contribution in [-0.2, 0) is 0 Å². The molecule has 0 radical (unpaired) electrons. The maximum absolute atomic E-state index is 12.9. The fraction of sp³-hybridized carbons (Fsp3) is 0.300. The first-order valence-corrected chi connectivity index (χ1v) is 13.4. The summed E-state index contributed by atoms with van der Waals surface area (Å²) in [6.07, 6.45) is 2.01. The third-order valence-corrected chi connectivity index (χ3v) is 6.73. The van der Waals surface area contributed by atoms with Gasteiger partial charge in [-0.25, -0.2) is 0 Å². The zero-order chi connectivity index (χ0) is 26.9. The van der Waals surface area contributed by atoms with Crippen LogP contribution in [0.1, 0.15) is 46.0 Å². The number of hydrogen-bond donors (Lipinski definition) is 2. The first kappa shape index (κ1) is 27.1. The molecule has 4 rings (SSSR count). The molecule has 8 heteroatoms. The summed E-state index contributed by atoms with van der Waals surface area (Å²) in [7, 11) is 0. The number of nitrogens with zero attached hydrogens (tertiary/aromatic N) is 2. The first-order valence-electron chi connectivity index (χ1n) is 13.0. The van der Waals surface area contributed by atoms with E-state index in [9.17, 15) is 9.59 Å². The Labute approximate surface area is 229 Å². The van der Waals surface area contributed by atoms with E-state index < -0.39 is 0 Å². The SMILES string of the molecule is CCCCOc1cccc(C(=O)NC(=S)Nc2ccc(N3CCN(C(=O)c4ccccc4C)CC3)cc2)c1. The Morgan fingerprint density at radius 3 is 2.39 bits per heavy atom. The summed E-state index contributed by atoms with van der Waals surface area (Å²) in [5.41, 5.74) is 4.12. The quantitative estimate of drug-likeness (QED) is 0.306. The van der Waals surface area contributed by atoms with Gasteiger partial charge in [0.2, 0.25) is 0 Å². The highest BCUT2D eigenvalue weighted by Crippen LogP contribution is 2.21. The van der Waals surface area contributed by atoms with Gasteiger partial charge in [-0.05, 0) is 79.7 Å². The van der Waals surface area contributed by atoms with Crippen LogP contribution < -0.4 is 20.3 Å². The highest BCUT2D eigenvalue weighted by Gasteiger charge is 2.23. The van der Waals surface area contributed by atoms with Gasteiger partial charge in [0.05, 0.1) is 6.61 Å². The Kier molecular flexibility index (Phi) is 9.32. The monoisotopic (exact) mass is 530 g/mol. The number of benzene rings is 3. The number of anilines is 2. The van der Waals surface area contributed by atoms with Crippen molar-refractivity contribution in [2.45, 2.75) is 26.7 Å². The molecule has 38 heavy (non-hydrogen) atoms. The lowest BCUT2D eigenvalue weighted by Crippen LogP contribution is -2.48. The average Bonchev–Trinajstić information content (AvgIpc) is 2.94. The number of aryl methyl sites for hydroxylation is 1. The summed E-state index contributed by atoms with van der Waals surface area (Å²) in [5.74, 6) is 0.465. The van der Waals surface area contributed by atoms with E-state index in [-0.39, 0.29) is 16.9 Å². The van der Waals surface area contributed by atoms with E-state index in [0.29, 0.717) is 31.0 Å². The topological polar surface area (TPSA) is 73.9 Å². The van der Waals surface area contributed by atoms with Crippen molar-refractivity contribution in [2.24, 2.45) is 0 Å². The fourth-order valence-corrected chi connectivity index (χ4v) is 4.52. The number of thiocarbonyl (C=S) groups is 1. The third-order valence-electron chi connectivity index (χ3n) is 6.52. The Morgan fingerprint density at radius 1 is 0.947 bits per heavy atom. The van der Waals surface area contributed by atoms with E-state index in [1.807, 2.05) is 66.4 Å². The number of hydrogen-bond acceptors (Lipinski definition) is 5. The minimum Gasteiger partial charge on any atom is -0.494 e. The first-order chi connectivity index (χ1) is 18.4. The lowest BCUT2D eigenvalue weighted by atomic mass is 10.1. The molecule has 1 fully saturated rings. The summed E-state index contributed by atoms with van der Waals surface area (Å²) in [4.78, 5) is 29.7. The number of carbonyl (C=O) groups is 2. The van der Waals surface area contributed by atoms with Crippen molar-refractivity contribution in [1.82, 2.24) is 10.2 Å². The number of nitrogens with one attached hydrogen (secondary N) is 2. The lowest BCUT2D eigenvalue weighted by Gasteiger charge is -2.36. The summed E-state index contributed by atoms with van der Waals surface area (Å²) < 4.78 is 5.69. The molecular weight excluding hydrogens is 496 g/mol. The summed E-state index contributed by atoms with van der Waals surface area (Å²) in [5, 5.41) is 6.02. The average molecular weight is 531 g/mol. The smallest absolute Gasteiger partial charge is 0.257 e. The number of piperazine rings is 1. The Morgan fingerprint density at radius 2 is 1.68 bits per heavy atom. The van der Waals surface area contributed by atoms with Crippen molar-refractivity contribution in [1.29, 1.82) is 0 Å². The van der Waals surface area contributed by atoms with Crippen molar-refractivity contribution in [3.8, 4) is 5.75 Å². The van der Waals surface area contributed by atoms with E-state index in [1.165, 1.54) is 0 Å². The lowest BCUT2D eigenvalue weighted by molar-refractivity contribution is 0.0746. The van der Waals surface area contributed by atoms with Gasteiger partial charge in [-0.3, -0.25) is 14.9 Å². The molecule has 1 heterocycles. The molecule has 0 aliphatic carbocycles. The van der Waals surface area contributed by atoms with E-state index in [2.05, 4.69) is 22.5 Å². The van der Waals surface area contributed by atoms with E-state index in [0.717, 1.165) is 48.4 Å².